The van der Waals surface area contributed by atoms with Crippen LogP contribution in [-0.4, -0.2) is 67.9 Å². The number of benzene rings is 3. The number of carbonyl (C=O) groups is 8. The minimum atomic E-state index is -1.32. The Kier molecular flexibility index (Phi) is 16.4. The second kappa shape index (κ2) is 21.1. The van der Waals surface area contributed by atoms with Gasteiger partial charge in [-0.05, 0) is 67.8 Å². The maximum Gasteiger partial charge on any atom is 0.339 e. The van der Waals surface area contributed by atoms with Gasteiger partial charge in [0.15, 0.2) is 11.5 Å². The largest absolute Gasteiger partial charge is 0.508 e. The quantitative estimate of drug-likeness (QED) is 0.0481. The maximum atomic E-state index is 12.0. The predicted molar refractivity (Wildman–Crippen MR) is 204 cm³/mol. The summed E-state index contributed by atoms with van der Waals surface area (Å²) in [7, 11) is 0. The number of imide groups is 2. The highest BCUT2D eigenvalue weighted by Crippen LogP contribution is 2.36. The third-order valence-electron chi connectivity index (χ3n) is 8.13. The fraction of sp³-hybridized carbons (Fsp3) is 0.268. The molecule has 3 aromatic rings. The van der Waals surface area contributed by atoms with Crippen molar-refractivity contribution in [1.29, 1.82) is 0 Å². The summed E-state index contributed by atoms with van der Waals surface area (Å²) in [5.74, 6) is -6.52. The molecule has 3 aromatic carbocycles. The van der Waals surface area contributed by atoms with Crippen LogP contribution >= 0.6 is 0 Å². The van der Waals surface area contributed by atoms with Crippen LogP contribution in [0.25, 0.3) is 0 Å². The van der Waals surface area contributed by atoms with Crippen LogP contribution < -0.4 is 19.3 Å². The molecular weight excluding hydrogens is 744 g/mol. The van der Waals surface area contributed by atoms with Gasteiger partial charge in [-0.25, -0.2) is 19.4 Å². The van der Waals surface area contributed by atoms with Crippen molar-refractivity contribution in [3.8, 4) is 23.0 Å². The summed E-state index contributed by atoms with van der Waals surface area (Å²) in [5.41, 5.74) is 0.000154. The Bertz CT molecular complexity index is 1940. The van der Waals surface area contributed by atoms with E-state index < -0.39 is 47.5 Å². The number of aromatic hydroxyl groups is 2. The van der Waals surface area contributed by atoms with Gasteiger partial charge in [-0.1, -0.05) is 51.7 Å². The number of phenolic OH excluding ortho intramolecular Hbond substituents is 2. The van der Waals surface area contributed by atoms with E-state index in [1.807, 2.05) is 13.8 Å². The number of nitrogens with zero attached hydrogens (tertiary/aromatic N) is 2. The fourth-order valence-electron chi connectivity index (χ4n) is 5.24. The molecule has 16 nitrogen and oxygen atoms in total. The standard InChI is InChI=1S/2C17H17NO6.C7H8O2/c2*1-2-3-4-8-15(21)24-16-11(17(22)23)6-5-7-12(16)18-13(19)9-10-14(18)20;1-5-4-6(8)2-3-7(5)9/h2*5-7,9-10H,2-4,8H2,1H3,(H,22,23);2-4,8-9H,1H3. The number of ether oxygens (including phenoxy) is 2. The zero-order valence-corrected chi connectivity index (χ0v) is 31.4. The number of carboxylic acid groups (broad SMARTS) is 2. The van der Waals surface area contributed by atoms with Gasteiger partial charge >= 0.3 is 23.9 Å². The van der Waals surface area contributed by atoms with Crippen molar-refractivity contribution >= 4 is 58.9 Å². The Morgan fingerprint density at radius 2 is 0.965 bits per heavy atom. The second-order valence-corrected chi connectivity index (χ2v) is 12.4. The number of amides is 4. The van der Waals surface area contributed by atoms with Crippen molar-refractivity contribution in [2.75, 3.05) is 9.80 Å². The number of phenols is 2. The van der Waals surface area contributed by atoms with Gasteiger partial charge in [0, 0.05) is 37.1 Å². The highest BCUT2D eigenvalue weighted by Gasteiger charge is 2.32. The normalized spacial score (nSPS) is 12.8. The fourth-order valence-corrected chi connectivity index (χ4v) is 5.24. The SMILES string of the molecule is CCCCCC(=O)Oc1c(C(=O)O)cccc1N1C(=O)C=CC1=O.CCCCCC(=O)Oc1c(C(=O)O)cccc1N1C(=O)C=CC1=O.Cc1cc(O)ccc1O. The minimum Gasteiger partial charge on any atom is -0.508 e. The topological polar surface area (TPSA) is 242 Å². The summed E-state index contributed by atoms with van der Waals surface area (Å²) in [6.45, 7) is 5.70. The summed E-state index contributed by atoms with van der Waals surface area (Å²) in [5, 5.41) is 36.4. The summed E-state index contributed by atoms with van der Waals surface area (Å²) in [6, 6.07) is 12.4. The molecule has 0 aromatic heterocycles. The molecular formula is C41H42N2O14. The monoisotopic (exact) mass is 786 g/mol. The third kappa shape index (κ3) is 12.2. The van der Waals surface area contributed by atoms with Gasteiger partial charge in [-0.2, -0.15) is 0 Å². The molecule has 0 saturated carbocycles. The molecule has 0 fully saturated rings. The Hall–Kier alpha value is -7.10. The summed E-state index contributed by atoms with van der Waals surface area (Å²) < 4.78 is 10.4. The van der Waals surface area contributed by atoms with Crippen LogP contribution in [0.4, 0.5) is 11.4 Å². The lowest BCUT2D eigenvalue weighted by atomic mass is 10.1. The van der Waals surface area contributed by atoms with E-state index in [1.165, 1.54) is 54.6 Å². The zero-order chi connectivity index (χ0) is 42.2. The van der Waals surface area contributed by atoms with Crippen LogP contribution in [0.15, 0.2) is 78.9 Å². The predicted octanol–water partition coefficient (Wildman–Crippen LogP) is 6.01. The first-order valence-electron chi connectivity index (χ1n) is 17.9. The van der Waals surface area contributed by atoms with Crippen molar-refractivity contribution in [2.45, 2.75) is 72.1 Å². The maximum absolute atomic E-state index is 12.0. The molecule has 300 valence electrons. The number of carbonyl (C=O) groups excluding carboxylic acids is 6. The minimum absolute atomic E-state index is 0.0567. The molecule has 57 heavy (non-hydrogen) atoms. The van der Waals surface area contributed by atoms with Crippen LogP contribution in [0.5, 0.6) is 23.0 Å². The van der Waals surface area contributed by atoms with E-state index in [-0.39, 0.29) is 58.3 Å². The lowest BCUT2D eigenvalue weighted by Crippen LogP contribution is -2.30. The Balaban J connectivity index is 0.000000251. The molecule has 0 bridgehead atoms. The van der Waals surface area contributed by atoms with Crippen LogP contribution in [0.3, 0.4) is 0 Å². The lowest BCUT2D eigenvalue weighted by molar-refractivity contribution is -0.135. The van der Waals surface area contributed by atoms with E-state index in [4.69, 9.17) is 19.7 Å². The van der Waals surface area contributed by atoms with E-state index in [9.17, 15) is 48.6 Å². The Morgan fingerprint density at radius 3 is 1.28 bits per heavy atom. The van der Waals surface area contributed by atoms with Gasteiger partial charge in [0.1, 0.15) is 22.6 Å². The van der Waals surface area contributed by atoms with Crippen LogP contribution in [0.2, 0.25) is 0 Å². The molecule has 5 rings (SSSR count). The van der Waals surface area contributed by atoms with E-state index in [1.54, 1.807) is 6.92 Å². The van der Waals surface area contributed by atoms with Crippen LogP contribution in [0, 0.1) is 6.92 Å². The molecule has 0 saturated heterocycles. The molecule has 16 heteroatoms. The van der Waals surface area contributed by atoms with Gasteiger partial charge in [0.2, 0.25) is 0 Å². The first-order chi connectivity index (χ1) is 27.1. The van der Waals surface area contributed by atoms with Gasteiger partial charge in [0.25, 0.3) is 23.6 Å². The zero-order valence-electron chi connectivity index (χ0n) is 31.4. The number of rotatable bonds is 14. The van der Waals surface area contributed by atoms with Crippen molar-refractivity contribution in [1.82, 2.24) is 0 Å². The molecule has 4 amide bonds. The van der Waals surface area contributed by atoms with E-state index in [2.05, 4.69) is 0 Å². The van der Waals surface area contributed by atoms with Gasteiger partial charge < -0.3 is 29.9 Å². The van der Waals surface area contributed by atoms with Gasteiger partial charge in [-0.3, -0.25) is 28.8 Å². The first kappa shape index (κ1) is 44.3. The average Bonchev–Trinajstić information content (AvgIpc) is 3.68. The molecule has 0 spiro atoms. The van der Waals surface area contributed by atoms with E-state index >= 15 is 0 Å². The molecule has 4 N–H and O–H groups in total. The highest BCUT2D eigenvalue weighted by molar-refractivity contribution is 6.29. The number of para-hydroxylation sites is 2. The summed E-state index contributed by atoms with van der Waals surface area (Å²) in [4.78, 5) is 95.7. The van der Waals surface area contributed by atoms with Crippen molar-refractivity contribution in [3.63, 3.8) is 0 Å². The molecule has 0 radical (unpaired) electrons. The third-order valence-corrected chi connectivity index (χ3v) is 8.13. The summed E-state index contributed by atoms with van der Waals surface area (Å²) in [6.07, 6.45) is 9.30. The van der Waals surface area contributed by atoms with Crippen molar-refractivity contribution in [3.05, 3.63) is 95.6 Å². The Morgan fingerprint density at radius 1 is 0.579 bits per heavy atom. The number of aryl methyl sites for hydroxylation is 1. The number of unbranched alkanes of at least 4 members (excludes halogenated alkanes) is 4. The number of hydrogen-bond acceptors (Lipinski definition) is 12. The van der Waals surface area contributed by atoms with Crippen molar-refractivity contribution < 1.29 is 68.3 Å². The molecule has 0 aliphatic carbocycles. The lowest BCUT2D eigenvalue weighted by Gasteiger charge is -2.19. The number of anilines is 2. The smallest absolute Gasteiger partial charge is 0.339 e. The molecule has 0 atom stereocenters. The molecule has 2 heterocycles. The Labute approximate surface area is 327 Å². The van der Waals surface area contributed by atoms with Crippen molar-refractivity contribution in [2.24, 2.45) is 0 Å². The second-order valence-electron chi connectivity index (χ2n) is 12.4. The average molecular weight is 787 g/mol. The highest BCUT2D eigenvalue weighted by atomic mass is 16.5. The molecule has 2 aliphatic heterocycles. The number of carboxylic acids is 2. The van der Waals surface area contributed by atoms with E-state index in [0.29, 0.717) is 18.4 Å². The van der Waals surface area contributed by atoms with Gasteiger partial charge in [-0.15, -0.1) is 0 Å². The van der Waals surface area contributed by atoms with Gasteiger partial charge in [0.05, 0.1) is 11.4 Å². The number of aromatic carboxylic acids is 2. The number of esters is 2. The molecule has 2 aliphatic rings. The number of hydrogen-bond donors (Lipinski definition) is 4. The molecule has 0 unspecified atom stereocenters. The van der Waals surface area contributed by atoms with E-state index in [0.717, 1.165) is 59.8 Å². The van der Waals surface area contributed by atoms with Crippen LogP contribution in [-0.2, 0) is 28.8 Å². The first-order valence-corrected chi connectivity index (χ1v) is 17.9. The summed E-state index contributed by atoms with van der Waals surface area (Å²) >= 11 is 0. The van der Waals surface area contributed by atoms with Crippen LogP contribution in [0.1, 0.15) is 91.5 Å².